The van der Waals surface area contributed by atoms with Crippen molar-refractivity contribution < 1.29 is 33.9 Å². The van der Waals surface area contributed by atoms with Crippen LogP contribution < -0.4 is 32.3 Å². The number of allylic oxidation sites excluding steroid dienone is 1. The quantitative estimate of drug-likeness (QED) is 0.185. The normalized spacial score (nSPS) is 17.2. The molecule has 0 aliphatic heterocycles. The third kappa shape index (κ3) is 8.69. The summed E-state index contributed by atoms with van der Waals surface area (Å²) < 4.78 is 0. The molecule has 13 heteroatoms. The Labute approximate surface area is 224 Å². The third-order valence-corrected chi connectivity index (χ3v) is 6.27. The van der Waals surface area contributed by atoms with Crippen LogP contribution in [0.3, 0.4) is 0 Å². The van der Waals surface area contributed by atoms with E-state index in [2.05, 4.69) is 21.3 Å². The number of nitrogens with one attached hydrogen (secondary N) is 5. The van der Waals surface area contributed by atoms with Crippen molar-refractivity contribution in [2.45, 2.75) is 44.2 Å². The number of rotatable bonds is 11. The van der Waals surface area contributed by atoms with Gasteiger partial charge in [0.1, 0.15) is 6.04 Å². The summed E-state index contributed by atoms with van der Waals surface area (Å²) in [7, 11) is 0. The van der Waals surface area contributed by atoms with Crippen molar-refractivity contribution >= 4 is 35.5 Å². The van der Waals surface area contributed by atoms with Crippen LogP contribution >= 0.6 is 0 Å². The molecule has 0 radical (unpaired) electrons. The summed E-state index contributed by atoms with van der Waals surface area (Å²) in [5, 5.41) is 20.6. The number of benzene rings is 1. The molecular weight excluding hydrogens is 508 g/mol. The van der Waals surface area contributed by atoms with Gasteiger partial charge in [-0.25, -0.2) is 4.79 Å². The van der Waals surface area contributed by atoms with Crippen LogP contribution in [0.15, 0.2) is 53.3 Å². The smallest absolute Gasteiger partial charge is 0.405 e. The number of ketones is 1. The minimum absolute atomic E-state index is 0.0360. The molecule has 2 atom stereocenters. The Bertz CT molecular complexity index is 1190. The van der Waals surface area contributed by atoms with Crippen LogP contribution in [0.4, 0.5) is 4.79 Å². The van der Waals surface area contributed by atoms with Gasteiger partial charge in [0, 0.05) is 24.1 Å². The van der Waals surface area contributed by atoms with E-state index in [-0.39, 0.29) is 24.8 Å². The van der Waals surface area contributed by atoms with Gasteiger partial charge >= 0.3 is 6.09 Å². The van der Waals surface area contributed by atoms with Gasteiger partial charge in [0.2, 0.25) is 23.6 Å². The second-order valence-corrected chi connectivity index (χ2v) is 9.16. The highest BCUT2D eigenvalue weighted by Crippen LogP contribution is 2.32. The second-order valence-electron chi connectivity index (χ2n) is 9.16. The number of amides is 5. The van der Waals surface area contributed by atoms with E-state index >= 15 is 0 Å². The third-order valence-electron chi connectivity index (χ3n) is 6.27. The fourth-order valence-electron chi connectivity index (χ4n) is 4.44. The molecule has 2 aliphatic rings. The summed E-state index contributed by atoms with van der Waals surface area (Å²) in [6.07, 6.45) is 2.66. The topological polar surface area (TPSA) is 209 Å². The van der Waals surface area contributed by atoms with Gasteiger partial charge in [-0.15, -0.1) is 0 Å². The number of hydrogen-bond acceptors (Lipinski definition) is 7. The molecule has 8 N–H and O–H groups in total. The van der Waals surface area contributed by atoms with E-state index < -0.39 is 48.9 Å². The van der Waals surface area contributed by atoms with E-state index in [0.29, 0.717) is 37.0 Å². The number of carbonyl (C=O) groups excluding carboxylic acids is 5. The van der Waals surface area contributed by atoms with E-state index in [1.54, 1.807) is 36.4 Å². The first-order valence-corrected chi connectivity index (χ1v) is 12.5. The monoisotopic (exact) mass is 540 g/mol. The number of hydrogen-bond donors (Lipinski definition) is 7. The molecule has 39 heavy (non-hydrogen) atoms. The van der Waals surface area contributed by atoms with Gasteiger partial charge in [-0.3, -0.25) is 24.0 Å². The van der Waals surface area contributed by atoms with Gasteiger partial charge in [-0.05, 0) is 30.4 Å². The number of nitrogens with two attached hydrogens (primary N) is 1. The molecule has 5 amide bonds. The minimum Gasteiger partial charge on any atom is -0.465 e. The first-order chi connectivity index (χ1) is 18.6. The summed E-state index contributed by atoms with van der Waals surface area (Å²) in [5.41, 5.74) is 8.48. The highest BCUT2D eigenvalue weighted by atomic mass is 16.4. The van der Waals surface area contributed by atoms with Crippen LogP contribution in [0.1, 0.15) is 31.2 Å². The van der Waals surface area contributed by atoms with Crippen LogP contribution in [0, 0.1) is 0 Å². The number of Topliss-reactive ketones (excluding diaryl/α,β-unsaturated/α-hetero) is 1. The number of carboxylic acid groups (broad SMARTS) is 1. The molecule has 1 aromatic rings. The van der Waals surface area contributed by atoms with Gasteiger partial charge in [0.05, 0.1) is 25.7 Å². The van der Waals surface area contributed by atoms with Gasteiger partial charge in [-0.1, -0.05) is 36.4 Å². The van der Waals surface area contributed by atoms with Crippen molar-refractivity contribution in [2.75, 3.05) is 19.6 Å². The average molecular weight is 541 g/mol. The predicted octanol–water partition coefficient (Wildman–Crippen LogP) is -1.01. The lowest BCUT2D eigenvalue weighted by Gasteiger charge is -2.30. The first-order valence-electron chi connectivity index (χ1n) is 12.5. The molecule has 0 spiro atoms. The van der Waals surface area contributed by atoms with Crippen molar-refractivity contribution in [1.82, 2.24) is 26.6 Å². The summed E-state index contributed by atoms with van der Waals surface area (Å²) in [4.78, 5) is 72.5. The van der Waals surface area contributed by atoms with Crippen molar-refractivity contribution in [2.24, 2.45) is 5.73 Å². The van der Waals surface area contributed by atoms with Crippen molar-refractivity contribution in [3.05, 3.63) is 58.8 Å². The van der Waals surface area contributed by atoms with Crippen molar-refractivity contribution in [3.8, 4) is 0 Å². The minimum atomic E-state index is -1.38. The lowest BCUT2D eigenvalue weighted by Crippen LogP contribution is -2.53. The summed E-state index contributed by atoms with van der Waals surface area (Å²) in [6.45, 7) is -1.36. The van der Waals surface area contributed by atoms with E-state index in [9.17, 15) is 28.8 Å². The van der Waals surface area contributed by atoms with Crippen LogP contribution in [0.25, 0.3) is 0 Å². The summed E-state index contributed by atoms with van der Waals surface area (Å²) in [5.74, 6) is -2.50. The molecule has 0 bridgehead atoms. The summed E-state index contributed by atoms with van der Waals surface area (Å²) >= 11 is 0. The zero-order chi connectivity index (χ0) is 28.4. The molecule has 0 aromatic heterocycles. The van der Waals surface area contributed by atoms with Crippen molar-refractivity contribution in [3.63, 3.8) is 0 Å². The van der Waals surface area contributed by atoms with E-state index in [4.69, 9.17) is 10.8 Å². The largest absolute Gasteiger partial charge is 0.465 e. The number of carbonyl (C=O) groups is 6. The molecule has 13 nitrogen and oxygen atoms in total. The Kier molecular flexibility index (Phi) is 10.2. The fourth-order valence-corrected chi connectivity index (χ4v) is 4.44. The molecule has 0 fully saturated rings. The van der Waals surface area contributed by atoms with Gasteiger partial charge in [0.25, 0.3) is 0 Å². The molecule has 2 aliphatic carbocycles. The lowest BCUT2D eigenvalue weighted by molar-refractivity contribution is -0.130. The molecule has 0 saturated carbocycles. The Morgan fingerprint density at radius 2 is 1.62 bits per heavy atom. The predicted molar refractivity (Wildman–Crippen MR) is 139 cm³/mol. The maximum atomic E-state index is 13.0. The maximum absolute atomic E-state index is 13.0. The molecule has 0 saturated heterocycles. The van der Waals surface area contributed by atoms with Gasteiger partial charge in [0.15, 0.2) is 5.78 Å². The lowest BCUT2D eigenvalue weighted by atomic mass is 9.80. The van der Waals surface area contributed by atoms with Gasteiger partial charge < -0.3 is 37.4 Å². The highest BCUT2D eigenvalue weighted by Gasteiger charge is 2.31. The van der Waals surface area contributed by atoms with Crippen LogP contribution in [-0.4, -0.2) is 72.3 Å². The summed E-state index contributed by atoms with van der Waals surface area (Å²) in [6, 6.07) is 7.47. The first kappa shape index (κ1) is 28.9. The van der Waals surface area contributed by atoms with E-state index in [0.717, 1.165) is 11.1 Å². The Morgan fingerprint density at radius 3 is 2.33 bits per heavy atom. The Hall–Kier alpha value is -4.68. The van der Waals surface area contributed by atoms with Crippen molar-refractivity contribution in [1.29, 1.82) is 0 Å². The molecular formula is C26H32N6O7. The molecule has 2 unspecified atom stereocenters. The van der Waals surface area contributed by atoms with Crippen LogP contribution in [-0.2, 0) is 30.4 Å². The van der Waals surface area contributed by atoms with E-state index in [1.165, 1.54) is 0 Å². The average Bonchev–Trinajstić information content (AvgIpc) is 2.91. The Balaban J connectivity index is 1.56. The molecule has 0 heterocycles. The van der Waals surface area contributed by atoms with Crippen LogP contribution in [0.5, 0.6) is 0 Å². The van der Waals surface area contributed by atoms with E-state index in [1.807, 2.05) is 5.32 Å². The Morgan fingerprint density at radius 1 is 0.923 bits per heavy atom. The van der Waals surface area contributed by atoms with Crippen LogP contribution in [0.2, 0.25) is 0 Å². The molecule has 3 rings (SSSR count). The highest BCUT2D eigenvalue weighted by molar-refractivity contribution is 6.01. The zero-order valence-corrected chi connectivity index (χ0v) is 21.2. The second kappa shape index (κ2) is 13.7. The SMILES string of the molecule is NC1=CCC(NC(=O)CNC(=O)C(Cc2ccccc2)NC(=O)CNC(=O)CNC(=O)O)C2=C1C(=O)CCC2. The molecule has 1 aromatic carbocycles. The standard InChI is InChI=1S/C26H32N6O7/c27-17-9-10-18(16-7-4-8-20(33)24(16)17)31-23(36)14-29-25(37)19(11-15-5-2-1-3-6-15)32-22(35)13-28-21(34)12-30-26(38)39/h1-3,5-6,9,18-19,30H,4,7-8,10-14,27H2,(H,28,34)(H,29,37)(H,31,36)(H,32,35)(H,38,39). The maximum Gasteiger partial charge on any atom is 0.405 e. The zero-order valence-electron chi connectivity index (χ0n) is 21.2. The van der Waals surface area contributed by atoms with Gasteiger partial charge in [-0.2, -0.15) is 0 Å². The fraction of sp³-hybridized carbons (Fsp3) is 0.385. The molecule has 208 valence electrons.